The van der Waals surface area contributed by atoms with Crippen molar-refractivity contribution < 1.29 is 13.2 Å². The molecule has 0 N–H and O–H groups in total. The van der Waals surface area contributed by atoms with Crippen molar-refractivity contribution in [3.05, 3.63) is 0 Å². The molecular weight excluding hydrogens is 214 g/mol. The van der Waals surface area contributed by atoms with Crippen molar-refractivity contribution >= 4 is 15.8 Å². The van der Waals surface area contributed by atoms with Gasteiger partial charge in [-0.1, -0.05) is 6.92 Å². The van der Waals surface area contributed by atoms with Crippen LogP contribution in [0.5, 0.6) is 0 Å². The van der Waals surface area contributed by atoms with Crippen LogP contribution in [-0.4, -0.2) is 37.3 Å². The van der Waals surface area contributed by atoms with E-state index in [1.807, 2.05) is 6.92 Å². The highest BCUT2D eigenvalue weighted by Gasteiger charge is 2.28. The molecule has 0 spiro atoms. The lowest BCUT2D eigenvalue weighted by molar-refractivity contribution is -0.121. The molecule has 0 aromatic heterocycles. The van der Waals surface area contributed by atoms with Crippen LogP contribution in [0.15, 0.2) is 0 Å². The molecule has 0 aromatic carbocycles. The van der Waals surface area contributed by atoms with Gasteiger partial charge in [0.2, 0.25) is 10.0 Å². The van der Waals surface area contributed by atoms with Gasteiger partial charge in [0.1, 0.15) is 5.78 Å². The molecule has 1 aliphatic heterocycles. The first-order valence-electron chi connectivity index (χ1n) is 5.45. The maximum atomic E-state index is 11.7. The summed E-state index contributed by atoms with van der Waals surface area (Å²) in [5, 5.41) is 0. The smallest absolute Gasteiger partial charge is 0.214 e. The largest absolute Gasteiger partial charge is 0.300 e. The van der Waals surface area contributed by atoms with Gasteiger partial charge in [-0.25, -0.2) is 12.7 Å². The van der Waals surface area contributed by atoms with Crippen molar-refractivity contribution in [2.75, 3.05) is 18.8 Å². The molecule has 4 nitrogen and oxygen atoms in total. The van der Waals surface area contributed by atoms with Crippen LogP contribution in [0.4, 0.5) is 0 Å². The van der Waals surface area contributed by atoms with Crippen molar-refractivity contribution in [2.45, 2.75) is 33.1 Å². The molecule has 88 valence electrons. The van der Waals surface area contributed by atoms with Crippen LogP contribution >= 0.6 is 0 Å². The number of Topliss-reactive ketones (excluding diaryl/α,β-unsaturated/α-hetero) is 1. The van der Waals surface area contributed by atoms with Gasteiger partial charge in [0.25, 0.3) is 0 Å². The van der Waals surface area contributed by atoms with E-state index in [1.54, 1.807) is 6.92 Å². The van der Waals surface area contributed by atoms with Gasteiger partial charge >= 0.3 is 0 Å². The quantitative estimate of drug-likeness (QED) is 0.728. The molecule has 1 aliphatic rings. The van der Waals surface area contributed by atoms with Crippen LogP contribution in [0.2, 0.25) is 0 Å². The van der Waals surface area contributed by atoms with E-state index in [1.165, 1.54) is 4.31 Å². The zero-order valence-electron chi connectivity index (χ0n) is 9.40. The molecule has 0 atom stereocenters. The van der Waals surface area contributed by atoms with E-state index in [-0.39, 0.29) is 17.5 Å². The van der Waals surface area contributed by atoms with E-state index in [0.717, 1.165) is 0 Å². The lowest BCUT2D eigenvalue weighted by atomic mass is 9.95. The number of rotatable bonds is 4. The molecule has 1 rings (SSSR count). The molecule has 1 saturated heterocycles. The second kappa shape index (κ2) is 5.07. The Morgan fingerprint density at radius 1 is 1.33 bits per heavy atom. The molecular formula is C10H19NO3S. The lowest BCUT2D eigenvalue weighted by Crippen LogP contribution is -2.40. The summed E-state index contributed by atoms with van der Waals surface area (Å²) < 4.78 is 24.9. The summed E-state index contributed by atoms with van der Waals surface area (Å²) in [4.78, 5) is 11.1. The summed E-state index contributed by atoms with van der Waals surface area (Å²) in [6.45, 7) is 4.46. The van der Waals surface area contributed by atoms with Gasteiger partial charge in [-0.05, 0) is 26.2 Å². The average Bonchev–Trinajstić information content (AvgIpc) is 2.18. The fourth-order valence-electron chi connectivity index (χ4n) is 1.93. The molecule has 15 heavy (non-hydrogen) atoms. The van der Waals surface area contributed by atoms with Crippen LogP contribution in [0.3, 0.4) is 0 Å². The Bertz CT molecular complexity index is 316. The molecule has 1 heterocycles. The topological polar surface area (TPSA) is 54.5 Å². The summed E-state index contributed by atoms with van der Waals surface area (Å²) in [5.41, 5.74) is 0. The first-order valence-corrected chi connectivity index (χ1v) is 7.06. The van der Waals surface area contributed by atoms with Crippen molar-refractivity contribution in [3.63, 3.8) is 0 Å². The molecule has 0 aromatic rings. The second-order valence-corrected chi connectivity index (χ2v) is 6.19. The summed E-state index contributed by atoms with van der Waals surface area (Å²) in [5.74, 6) is 0.471. The van der Waals surface area contributed by atoms with Gasteiger partial charge in [-0.3, -0.25) is 4.79 Å². The van der Waals surface area contributed by atoms with Gasteiger partial charge < -0.3 is 0 Å². The van der Waals surface area contributed by atoms with E-state index in [9.17, 15) is 13.2 Å². The fourth-order valence-corrected chi connectivity index (χ4v) is 3.47. The van der Waals surface area contributed by atoms with Gasteiger partial charge in [0, 0.05) is 19.0 Å². The predicted molar refractivity (Wildman–Crippen MR) is 59.1 cm³/mol. The van der Waals surface area contributed by atoms with Gasteiger partial charge in [-0.15, -0.1) is 0 Å². The molecule has 0 amide bonds. The maximum Gasteiger partial charge on any atom is 0.214 e. The van der Waals surface area contributed by atoms with Crippen LogP contribution in [0, 0.1) is 5.92 Å². The SMILES string of the molecule is CCCS(=O)(=O)N1CCC(C(C)=O)CC1. The Morgan fingerprint density at radius 2 is 1.87 bits per heavy atom. The third-order valence-corrected chi connectivity index (χ3v) is 4.96. The molecule has 0 unspecified atom stereocenters. The monoisotopic (exact) mass is 233 g/mol. The highest BCUT2D eigenvalue weighted by molar-refractivity contribution is 7.89. The van der Waals surface area contributed by atoms with Crippen LogP contribution in [0.25, 0.3) is 0 Å². The van der Waals surface area contributed by atoms with E-state index in [0.29, 0.717) is 32.4 Å². The van der Waals surface area contributed by atoms with E-state index in [4.69, 9.17) is 0 Å². The lowest BCUT2D eigenvalue weighted by Gasteiger charge is -2.29. The summed E-state index contributed by atoms with van der Waals surface area (Å²) in [7, 11) is -3.06. The maximum absolute atomic E-state index is 11.7. The number of carbonyl (C=O) groups is 1. The first kappa shape index (κ1) is 12.6. The molecule has 0 saturated carbocycles. The van der Waals surface area contributed by atoms with E-state index >= 15 is 0 Å². The number of nitrogens with zero attached hydrogens (tertiary/aromatic N) is 1. The third-order valence-electron chi connectivity index (χ3n) is 2.88. The number of hydrogen-bond acceptors (Lipinski definition) is 3. The Hall–Kier alpha value is -0.420. The number of carbonyl (C=O) groups excluding carboxylic acids is 1. The number of piperidine rings is 1. The Kier molecular flexibility index (Phi) is 4.28. The van der Waals surface area contributed by atoms with Crippen molar-refractivity contribution in [1.29, 1.82) is 0 Å². The van der Waals surface area contributed by atoms with Crippen molar-refractivity contribution in [2.24, 2.45) is 5.92 Å². The fraction of sp³-hybridized carbons (Fsp3) is 0.900. The molecule has 5 heteroatoms. The Morgan fingerprint density at radius 3 is 2.27 bits per heavy atom. The number of hydrogen-bond donors (Lipinski definition) is 0. The van der Waals surface area contributed by atoms with Gasteiger partial charge in [-0.2, -0.15) is 0 Å². The summed E-state index contributed by atoms with van der Waals surface area (Å²) in [6.07, 6.45) is 2.01. The van der Waals surface area contributed by atoms with E-state index < -0.39 is 10.0 Å². The standard InChI is InChI=1S/C10H19NO3S/c1-3-8-15(13,14)11-6-4-10(5-7-11)9(2)12/h10H,3-8H2,1-2H3. The molecule has 0 aliphatic carbocycles. The van der Waals surface area contributed by atoms with Crippen LogP contribution in [0.1, 0.15) is 33.1 Å². The highest BCUT2D eigenvalue weighted by Crippen LogP contribution is 2.20. The van der Waals surface area contributed by atoms with E-state index in [2.05, 4.69) is 0 Å². The highest BCUT2D eigenvalue weighted by atomic mass is 32.2. The molecule has 0 bridgehead atoms. The number of sulfonamides is 1. The number of ketones is 1. The first-order chi connectivity index (χ1) is 6.97. The average molecular weight is 233 g/mol. The summed E-state index contributed by atoms with van der Waals surface area (Å²) >= 11 is 0. The zero-order valence-corrected chi connectivity index (χ0v) is 10.2. The second-order valence-electron chi connectivity index (χ2n) is 4.10. The van der Waals surface area contributed by atoms with Crippen molar-refractivity contribution in [3.8, 4) is 0 Å². The van der Waals surface area contributed by atoms with Crippen molar-refractivity contribution in [1.82, 2.24) is 4.31 Å². The van der Waals surface area contributed by atoms with Gasteiger partial charge in [0.15, 0.2) is 0 Å². The minimum Gasteiger partial charge on any atom is -0.300 e. The van der Waals surface area contributed by atoms with Gasteiger partial charge in [0.05, 0.1) is 5.75 Å². The normalized spacial score (nSPS) is 20.4. The van der Waals surface area contributed by atoms with Crippen LogP contribution in [-0.2, 0) is 14.8 Å². The molecule has 0 radical (unpaired) electrons. The predicted octanol–water partition coefficient (Wildman–Crippen LogP) is 1.03. The zero-order chi connectivity index (χ0) is 11.5. The summed E-state index contributed by atoms with van der Waals surface area (Å²) in [6, 6.07) is 0. The third kappa shape index (κ3) is 3.28. The van der Waals surface area contributed by atoms with Crippen LogP contribution < -0.4 is 0 Å². The minimum absolute atomic E-state index is 0.0677. The Labute approximate surface area is 91.7 Å². The Balaban J connectivity index is 2.54. The minimum atomic E-state index is -3.06. The molecule has 1 fully saturated rings.